The van der Waals surface area contributed by atoms with Gasteiger partial charge in [-0.3, -0.25) is 0 Å². The average Bonchev–Trinajstić information content (AvgIpc) is 2.17. The molecular formula is C4H6O2. The van der Waals surface area contributed by atoms with Crippen LogP contribution in [0.1, 0.15) is 6.42 Å². The molecule has 0 N–H and O–H groups in total. The van der Waals surface area contributed by atoms with Crippen LogP contribution in [0.4, 0.5) is 0 Å². The van der Waals surface area contributed by atoms with E-state index in [1.54, 1.807) is 0 Å². The first kappa shape index (κ1) is 2.99. The van der Waals surface area contributed by atoms with Gasteiger partial charge in [0.1, 0.15) is 6.10 Å². The van der Waals surface area contributed by atoms with Crippen LogP contribution in [0.25, 0.3) is 0 Å². The van der Waals surface area contributed by atoms with Gasteiger partial charge in [0.2, 0.25) is 0 Å². The third-order valence-electron chi connectivity index (χ3n) is 1.22. The number of hydrogen-bond acceptors (Lipinski definition) is 2. The predicted molar refractivity (Wildman–Crippen MR) is 19.2 cm³/mol. The molecule has 0 radical (unpaired) electrons. The molecule has 34 valence electrons. The van der Waals surface area contributed by atoms with Crippen molar-refractivity contribution in [2.45, 2.75) is 18.8 Å². The fourth-order valence-electron chi connectivity index (χ4n) is 0.778. The third-order valence-corrected chi connectivity index (χ3v) is 1.22. The van der Waals surface area contributed by atoms with Gasteiger partial charge in [-0.15, -0.1) is 0 Å². The Morgan fingerprint density at radius 2 is 2.50 bits per heavy atom. The monoisotopic (exact) mass is 86.0 g/mol. The van der Waals surface area contributed by atoms with E-state index in [0.717, 1.165) is 13.0 Å². The van der Waals surface area contributed by atoms with E-state index >= 15 is 0 Å². The van der Waals surface area contributed by atoms with Gasteiger partial charge in [-0.1, -0.05) is 0 Å². The van der Waals surface area contributed by atoms with Gasteiger partial charge in [0.25, 0.3) is 0 Å². The summed E-state index contributed by atoms with van der Waals surface area (Å²) in [5, 5.41) is 0. The molecule has 2 nitrogen and oxygen atoms in total. The van der Waals surface area contributed by atoms with E-state index in [0.29, 0.717) is 6.10 Å². The summed E-state index contributed by atoms with van der Waals surface area (Å²) < 4.78 is 9.94. The van der Waals surface area contributed by atoms with E-state index in [4.69, 9.17) is 9.47 Å². The summed E-state index contributed by atoms with van der Waals surface area (Å²) in [6, 6.07) is 0. The third kappa shape index (κ3) is 0.235. The zero-order valence-corrected chi connectivity index (χ0v) is 3.39. The summed E-state index contributed by atoms with van der Waals surface area (Å²) in [4.78, 5) is 0. The first-order chi connectivity index (χ1) is 2.97. The first-order valence-electron chi connectivity index (χ1n) is 2.24. The van der Waals surface area contributed by atoms with Crippen LogP contribution >= 0.6 is 0 Å². The zero-order chi connectivity index (χ0) is 3.98. The van der Waals surface area contributed by atoms with Crippen molar-refractivity contribution in [3.05, 3.63) is 0 Å². The number of fused-ring (bicyclic) bond motifs is 1. The molecule has 2 aliphatic heterocycles. The predicted octanol–water partition coefficient (Wildman–Crippen LogP) is 0.132. The minimum Gasteiger partial charge on any atom is -0.350 e. The molecule has 6 heavy (non-hydrogen) atoms. The highest BCUT2D eigenvalue weighted by Crippen LogP contribution is 2.32. The van der Waals surface area contributed by atoms with Crippen LogP contribution < -0.4 is 0 Å². The molecule has 0 aromatic rings. The van der Waals surface area contributed by atoms with E-state index in [-0.39, 0.29) is 6.29 Å². The topological polar surface area (TPSA) is 21.8 Å². The molecule has 0 aromatic heterocycles. The second kappa shape index (κ2) is 0.768. The maximum absolute atomic E-state index is 5.00. The number of epoxide rings is 1. The molecule has 2 saturated heterocycles. The van der Waals surface area contributed by atoms with Crippen molar-refractivity contribution < 1.29 is 9.47 Å². The molecule has 0 spiro atoms. The van der Waals surface area contributed by atoms with Gasteiger partial charge in [-0.05, 0) is 0 Å². The van der Waals surface area contributed by atoms with Gasteiger partial charge in [0, 0.05) is 6.42 Å². The van der Waals surface area contributed by atoms with Gasteiger partial charge >= 0.3 is 0 Å². The lowest BCUT2D eigenvalue weighted by Gasteiger charge is -1.85. The number of rotatable bonds is 0. The van der Waals surface area contributed by atoms with Crippen molar-refractivity contribution in [1.29, 1.82) is 0 Å². The lowest BCUT2D eigenvalue weighted by Crippen LogP contribution is -1.86. The average molecular weight is 86.1 g/mol. The minimum atomic E-state index is 0.213. The van der Waals surface area contributed by atoms with Gasteiger partial charge in [0.15, 0.2) is 6.29 Å². The Bertz CT molecular complexity index is 63.9. The Morgan fingerprint density at radius 1 is 1.50 bits per heavy atom. The van der Waals surface area contributed by atoms with Crippen LogP contribution in [0.2, 0.25) is 0 Å². The van der Waals surface area contributed by atoms with E-state index in [2.05, 4.69) is 0 Å². The molecule has 0 amide bonds. The SMILES string of the molecule is C1CC2OC2O1. The van der Waals surface area contributed by atoms with E-state index in [9.17, 15) is 0 Å². The quantitative estimate of drug-likeness (QED) is 0.391. The Morgan fingerprint density at radius 3 is 2.67 bits per heavy atom. The summed E-state index contributed by atoms with van der Waals surface area (Å²) >= 11 is 0. The van der Waals surface area contributed by atoms with Crippen LogP contribution in [0.3, 0.4) is 0 Å². The molecule has 2 unspecified atom stereocenters. The van der Waals surface area contributed by atoms with Crippen LogP contribution in [-0.4, -0.2) is 19.0 Å². The minimum absolute atomic E-state index is 0.213. The molecule has 0 saturated carbocycles. The normalized spacial score (nSPS) is 52.0. The van der Waals surface area contributed by atoms with E-state index < -0.39 is 0 Å². The maximum atomic E-state index is 5.00. The zero-order valence-electron chi connectivity index (χ0n) is 3.39. The van der Waals surface area contributed by atoms with Crippen molar-refractivity contribution >= 4 is 0 Å². The molecule has 0 aliphatic carbocycles. The molecule has 2 fully saturated rings. The molecule has 2 aliphatic rings. The fraction of sp³-hybridized carbons (Fsp3) is 1.00. The Balaban J connectivity index is 2.09. The summed E-state index contributed by atoms with van der Waals surface area (Å²) in [6.07, 6.45) is 1.82. The lowest BCUT2D eigenvalue weighted by atomic mass is 10.4. The van der Waals surface area contributed by atoms with Crippen molar-refractivity contribution in [2.75, 3.05) is 6.61 Å². The molecule has 2 heterocycles. The largest absolute Gasteiger partial charge is 0.350 e. The van der Waals surface area contributed by atoms with E-state index in [1.807, 2.05) is 0 Å². The second-order valence-corrected chi connectivity index (χ2v) is 1.70. The smallest absolute Gasteiger partial charge is 0.184 e. The highest BCUT2D eigenvalue weighted by molar-refractivity contribution is 4.81. The fourth-order valence-corrected chi connectivity index (χ4v) is 0.778. The maximum Gasteiger partial charge on any atom is 0.184 e. The van der Waals surface area contributed by atoms with Gasteiger partial charge in [0.05, 0.1) is 6.61 Å². The van der Waals surface area contributed by atoms with E-state index in [1.165, 1.54) is 0 Å². The van der Waals surface area contributed by atoms with Gasteiger partial charge < -0.3 is 9.47 Å². The van der Waals surface area contributed by atoms with Crippen LogP contribution in [0.5, 0.6) is 0 Å². The van der Waals surface area contributed by atoms with Gasteiger partial charge in [-0.2, -0.15) is 0 Å². The highest BCUT2D eigenvalue weighted by Gasteiger charge is 2.44. The Hall–Kier alpha value is -0.0800. The molecule has 2 heteroatoms. The summed E-state index contributed by atoms with van der Waals surface area (Å²) in [5.74, 6) is 0. The number of hydrogen-bond donors (Lipinski definition) is 0. The molecule has 0 bridgehead atoms. The lowest BCUT2D eigenvalue weighted by molar-refractivity contribution is 0.0489. The summed E-state index contributed by atoms with van der Waals surface area (Å²) in [6.45, 7) is 0.912. The second-order valence-electron chi connectivity index (χ2n) is 1.70. The van der Waals surface area contributed by atoms with Crippen molar-refractivity contribution in [3.8, 4) is 0 Å². The molecule has 0 aromatic carbocycles. The van der Waals surface area contributed by atoms with Crippen molar-refractivity contribution in [1.82, 2.24) is 0 Å². The van der Waals surface area contributed by atoms with Crippen LogP contribution in [0.15, 0.2) is 0 Å². The Labute approximate surface area is 36.0 Å². The van der Waals surface area contributed by atoms with Crippen LogP contribution in [-0.2, 0) is 9.47 Å². The van der Waals surface area contributed by atoms with Gasteiger partial charge in [-0.25, -0.2) is 0 Å². The summed E-state index contributed by atoms with van der Waals surface area (Å²) in [7, 11) is 0. The Kier molecular flexibility index (Phi) is 0.383. The highest BCUT2D eigenvalue weighted by atomic mass is 16.8. The molecule has 2 atom stereocenters. The molecular weight excluding hydrogens is 80.0 g/mol. The van der Waals surface area contributed by atoms with Crippen LogP contribution in [0, 0.1) is 0 Å². The summed E-state index contributed by atoms with van der Waals surface area (Å²) in [5.41, 5.74) is 0. The standard InChI is InChI=1S/C4H6O2/c1-2-5-4-3(1)6-4/h3-4H,1-2H2. The number of ether oxygens (including phenoxy) is 2. The molecule has 2 rings (SSSR count). The first-order valence-corrected chi connectivity index (χ1v) is 2.24. The van der Waals surface area contributed by atoms with Crippen molar-refractivity contribution in [2.24, 2.45) is 0 Å². The van der Waals surface area contributed by atoms with Crippen molar-refractivity contribution in [3.63, 3.8) is 0 Å².